The van der Waals surface area contributed by atoms with Crippen molar-refractivity contribution < 1.29 is 18.0 Å². The highest BCUT2D eigenvalue weighted by atomic mass is 19.4. The first-order valence-electron chi connectivity index (χ1n) is 5.58. The van der Waals surface area contributed by atoms with Crippen molar-refractivity contribution in [1.29, 1.82) is 0 Å². The molecule has 0 aliphatic rings. The van der Waals surface area contributed by atoms with Crippen molar-refractivity contribution >= 4 is 28.1 Å². The van der Waals surface area contributed by atoms with E-state index in [9.17, 15) is 18.0 Å². The van der Waals surface area contributed by atoms with Crippen LogP contribution in [0, 0.1) is 0 Å². The molecule has 0 aliphatic carbocycles. The maximum absolute atomic E-state index is 13.2. The molecule has 0 unspecified atom stereocenters. The Morgan fingerprint density at radius 1 is 0.947 bits per heavy atom. The number of nitrogens with zero attached hydrogens (tertiary/aromatic N) is 1. The van der Waals surface area contributed by atoms with Gasteiger partial charge in [0.1, 0.15) is 6.29 Å². The summed E-state index contributed by atoms with van der Waals surface area (Å²) in [6.45, 7) is 0. The molecule has 1 aromatic heterocycles. The monoisotopic (exact) mass is 263 g/mol. The topological polar surface area (TPSA) is 22.0 Å². The van der Waals surface area contributed by atoms with E-state index in [1.165, 1.54) is 24.3 Å². The van der Waals surface area contributed by atoms with Crippen LogP contribution in [0.5, 0.6) is 0 Å². The van der Waals surface area contributed by atoms with E-state index in [0.717, 1.165) is 0 Å². The fourth-order valence-electron chi connectivity index (χ4n) is 2.34. The number of rotatable bonds is 1. The van der Waals surface area contributed by atoms with Crippen molar-refractivity contribution in [3.05, 3.63) is 48.0 Å². The van der Waals surface area contributed by atoms with Crippen molar-refractivity contribution in [1.82, 2.24) is 4.57 Å². The third-order valence-corrected chi connectivity index (χ3v) is 3.09. The molecule has 3 aromatic rings. The minimum atomic E-state index is -4.50. The number of halogens is 3. The standard InChI is InChI=1S/C14H8F3NO/c15-14(16,17)18-12-4-2-1-3-10(12)11-7-9(8-19)5-6-13(11)18/h1-8H. The van der Waals surface area contributed by atoms with Gasteiger partial charge in [-0.1, -0.05) is 18.2 Å². The zero-order chi connectivity index (χ0) is 13.6. The molecule has 0 aliphatic heterocycles. The Kier molecular flexibility index (Phi) is 2.38. The van der Waals surface area contributed by atoms with Crippen LogP contribution in [-0.2, 0) is 6.30 Å². The van der Waals surface area contributed by atoms with Crippen LogP contribution >= 0.6 is 0 Å². The molecule has 96 valence electrons. The Morgan fingerprint density at radius 2 is 1.63 bits per heavy atom. The first kappa shape index (κ1) is 11.8. The molecule has 2 nitrogen and oxygen atoms in total. The third kappa shape index (κ3) is 1.69. The van der Waals surface area contributed by atoms with Gasteiger partial charge in [-0.25, -0.2) is 0 Å². The molecule has 1 heterocycles. The number of carbonyl (C=O) groups is 1. The fraction of sp³-hybridized carbons (Fsp3) is 0.0714. The van der Waals surface area contributed by atoms with Gasteiger partial charge in [0.05, 0.1) is 11.0 Å². The van der Waals surface area contributed by atoms with E-state index in [1.54, 1.807) is 18.2 Å². The van der Waals surface area contributed by atoms with E-state index >= 15 is 0 Å². The fourth-order valence-corrected chi connectivity index (χ4v) is 2.34. The van der Waals surface area contributed by atoms with Gasteiger partial charge in [0.2, 0.25) is 0 Å². The van der Waals surface area contributed by atoms with Crippen LogP contribution < -0.4 is 0 Å². The molecule has 0 saturated heterocycles. The van der Waals surface area contributed by atoms with Crippen molar-refractivity contribution in [3.8, 4) is 0 Å². The van der Waals surface area contributed by atoms with Crippen molar-refractivity contribution in [2.45, 2.75) is 6.30 Å². The largest absolute Gasteiger partial charge is 0.489 e. The molecule has 0 bridgehead atoms. The number of aldehydes is 1. The molecule has 0 atom stereocenters. The molecular weight excluding hydrogens is 255 g/mol. The molecule has 5 heteroatoms. The summed E-state index contributed by atoms with van der Waals surface area (Å²) in [5.41, 5.74) is 0.505. The van der Waals surface area contributed by atoms with Crippen LogP contribution in [0.1, 0.15) is 10.4 Å². The summed E-state index contributed by atoms with van der Waals surface area (Å²) in [6.07, 6.45) is -3.87. The third-order valence-electron chi connectivity index (χ3n) is 3.09. The van der Waals surface area contributed by atoms with E-state index in [1.807, 2.05) is 0 Å². The number of aromatic nitrogens is 1. The molecule has 0 N–H and O–H groups in total. The Morgan fingerprint density at radius 3 is 2.32 bits per heavy atom. The maximum Gasteiger partial charge on any atom is 0.489 e. The van der Waals surface area contributed by atoms with E-state index in [4.69, 9.17) is 0 Å². The van der Waals surface area contributed by atoms with Crippen LogP contribution in [0.2, 0.25) is 0 Å². The number of hydrogen-bond acceptors (Lipinski definition) is 1. The van der Waals surface area contributed by atoms with Gasteiger partial charge in [-0.15, -0.1) is 13.2 Å². The lowest BCUT2D eigenvalue weighted by Gasteiger charge is -2.10. The van der Waals surface area contributed by atoms with Crippen molar-refractivity contribution in [3.63, 3.8) is 0 Å². The SMILES string of the molecule is O=Cc1ccc2c(c1)c1ccccc1n2C(F)(F)F. The second-order valence-electron chi connectivity index (χ2n) is 4.21. The van der Waals surface area contributed by atoms with Crippen molar-refractivity contribution in [2.75, 3.05) is 0 Å². The predicted octanol–water partition coefficient (Wildman–Crippen LogP) is 4.08. The minimum Gasteiger partial charge on any atom is -0.298 e. The van der Waals surface area contributed by atoms with Gasteiger partial charge in [-0.05, 0) is 24.3 Å². The zero-order valence-corrected chi connectivity index (χ0v) is 9.61. The minimum absolute atomic E-state index is 0.0549. The van der Waals surface area contributed by atoms with Crippen LogP contribution in [0.3, 0.4) is 0 Å². The highest BCUT2D eigenvalue weighted by molar-refractivity contribution is 6.09. The summed E-state index contributed by atoms with van der Waals surface area (Å²) in [7, 11) is 0. The predicted molar refractivity (Wildman–Crippen MR) is 66.1 cm³/mol. The second kappa shape index (κ2) is 3.85. The van der Waals surface area contributed by atoms with Crippen LogP contribution in [0.4, 0.5) is 13.2 Å². The maximum atomic E-state index is 13.2. The normalized spacial score (nSPS) is 12.2. The van der Waals surface area contributed by atoms with Gasteiger partial charge in [-0.3, -0.25) is 9.36 Å². The molecule has 3 rings (SSSR count). The number of carbonyl (C=O) groups excluding carboxylic acids is 1. The number of fused-ring (bicyclic) bond motifs is 3. The van der Waals surface area contributed by atoms with E-state index in [0.29, 0.717) is 27.2 Å². The van der Waals surface area contributed by atoms with Crippen molar-refractivity contribution in [2.24, 2.45) is 0 Å². The molecule has 19 heavy (non-hydrogen) atoms. The number of benzene rings is 2. The summed E-state index contributed by atoms with van der Waals surface area (Å²) in [6, 6.07) is 10.5. The quantitative estimate of drug-likeness (QED) is 0.606. The average Bonchev–Trinajstić information content (AvgIpc) is 2.72. The smallest absolute Gasteiger partial charge is 0.298 e. The lowest BCUT2D eigenvalue weighted by Crippen LogP contribution is -2.15. The summed E-state index contributed by atoms with van der Waals surface area (Å²) in [5.74, 6) is 0. The van der Waals surface area contributed by atoms with Gasteiger partial charge in [0, 0.05) is 16.3 Å². The molecule has 0 fully saturated rings. The Hall–Kier alpha value is -2.30. The van der Waals surface area contributed by atoms with Crippen LogP contribution in [-0.4, -0.2) is 10.9 Å². The highest BCUT2D eigenvalue weighted by Gasteiger charge is 2.34. The molecule has 2 aromatic carbocycles. The lowest BCUT2D eigenvalue weighted by atomic mass is 10.1. The molecule has 0 spiro atoms. The first-order chi connectivity index (χ1) is 9.02. The van der Waals surface area contributed by atoms with Crippen LogP contribution in [0.15, 0.2) is 42.5 Å². The summed E-state index contributed by atoms with van der Waals surface area (Å²) in [5, 5.41) is 0.913. The number of alkyl halides is 3. The Balaban J connectivity index is 2.55. The first-order valence-corrected chi connectivity index (χ1v) is 5.58. The van der Waals surface area contributed by atoms with E-state index in [2.05, 4.69) is 0 Å². The molecule has 0 radical (unpaired) electrons. The molecular formula is C14H8F3NO. The summed E-state index contributed by atoms with van der Waals surface area (Å²) < 4.78 is 39.8. The van der Waals surface area contributed by atoms with Crippen LogP contribution in [0.25, 0.3) is 21.8 Å². The Labute approximate surface area is 106 Å². The van der Waals surface area contributed by atoms with Gasteiger partial charge < -0.3 is 0 Å². The second-order valence-corrected chi connectivity index (χ2v) is 4.21. The molecule has 0 saturated carbocycles. The van der Waals surface area contributed by atoms with E-state index < -0.39 is 6.30 Å². The zero-order valence-electron chi connectivity index (χ0n) is 9.61. The average molecular weight is 263 g/mol. The summed E-state index contributed by atoms with van der Waals surface area (Å²) in [4.78, 5) is 10.8. The summed E-state index contributed by atoms with van der Waals surface area (Å²) >= 11 is 0. The Bertz CT molecular complexity index is 786. The van der Waals surface area contributed by atoms with E-state index in [-0.39, 0.29) is 11.0 Å². The van der Waals surface area contributed by atoms with Gasteiger partial charge in [0.15, 0.2) is 0 Å². The number of hydrogen-bond donors (Lipinski definition) is 0. The molecule has 0 amide bonds. The van der Waals surface area contributed by atoms with Gasteiger partial charge in [-0.2, -0.15) is 0 Å². The van der Waals surface area contributed by atoms with Gasteiger partial charge in [0.25, 0.3) is 0 Å². The lowest BCUT2D eigenvalue weighted by molar-refractivity contribution is -0.197. The number of para-hydroxylation sites is 1. The highest BCUT2D eigenvalue weighted by Crippen LogP contribution is 2.36. The van der Waals surface area contributed by atoms with Gasteiger partial charge >= 0.3 is 6.30 Å².